The highest BCUT2D eigenvalue weighted by Crippen LogP contribution is 2.17. The van der Waals surface area contributed by atoms with Gasteiger partial charge in [0.2, 0.25) is 0 Å². The molecule has 0 spiro atoms. The predicted octanol–water partition coefficient (Wildman–Crippen LogP) is 4.29. The molecule has 0 aliphatic carbocycles. The van der Waals surface area contributed by atoms with Crippen molar-refractivity contribution >= 4 is 11.9 Å². The van der Waals surface area contributed by atoms with E-state index in [-0.39, 0.29) is 17.2 Å². The molecule has 0 aliphatic heterocycles. The van der Waals surface area contributed by atoms with Gasteiger partial charge in [-0.25, -0.2) is 14.8 Å². The highest BCUT2D eigenvalue weighted by Gasteiger charge is 2.13. The quantitative estimate of drug-likeness (QED) is 0.379. The fraction of sp³-hybridized carbons (Fsp3) is 0.0400. The number of rotatable bonds is 6. The molecule has 1 N–H and O–H groups in total. The number of aromatic nitrogens is 2. The van der Waals surface area contributed by atoms with Gasteiger partial charge in [-0.2, -0.15) is 0 Å². The van der Waals surface area contributed by atoms with Crippen LogP contribution >= 0.6 is 0 Å². The molecule has 0 aliphatic rings. The van der Waals surface area contributed by atoms with Crippen molar-refractivity contribution in [3.8, 4) is 17.1 Å². The van der Waals surface area contributed by atoms with Gasteiger partial charge in [0.05, 0.1) is 5.56 Å². The summed E-state index contributed by atoms with van der Waals surface area (Å²) in [4.78, 5) is 33.3. The summed E-state index contributed by atoms with van der Waals surface area (Å²) in [5.41, 5.74) is 2.48. The summed E-state index contributed by atoms with van der Waals surface area (Å²) >= 11 is 0. The molecule has 31 heavy (non-hydrogen) atoms. The van der Waals surface area contributed by atoms with E-state index in [0.717, 1.165) is 11.1 Å². The van der Waals surface area contributed by atoms with Crippen LogP contribution in [0, 0.1) is 0 Å². The van der Waals surface area contributed by atoms with Crippen molar-refractivity contribution in [2.75, 3.05) is 0 Å². The lowest BCUT2D eigenvalue weighted by Crippen LogP contribution is -2.22. The van der Waals surface area contributed by atoms with Crippen molar-refractivity contribution in [2.45, 2.75) is 6.54 Å². The Kier molecular flexibility index (Phi) is 6.09. The van der Waals surface area contributed by atoms with E-state index < -0.39 is 5.97 Å². The number of amides is 1. The Balaban J connectivity index is 1.40. The Bertz CT molecular complexity index is 1180. The molecule has 6 nitrogen and oxygen atoms in total. The number of hydrogen-bond donors (Lipinski definition) is 1. The highest BCUT2D eigenvalue weighted by molar-refractivity contribution is 5.95. The molecule has 152 valence electrons. The second-order valence-corrected chi connectivity index (χ2v) is 6.75. The number of carbonyl (C=O) groups excluding carboxylic acids is 2. The first kappa shape index (κ1) is 20.0. The minimum Gasteiger partial charge on any atom is -0.423 e. The van der Waals surface area contributed by atoms with Gasteiger partial charge in [0.25, 0.3) is 5.91 Å². The van der Waals surface area contributed by atoms with Crippen LogP contribution < -0.4 is 10.1 Å². The first-order valence-electron chi connectivity index (χ1n) is 9.71. The molecule has 4 rings (SSSR count). The van der Waals surface area contributed by atoms with Crippen LogP contribution in [0.25, 0.3) is 11.4 Å². The van der Waals surface area contributed by atoms with Crippen LogP contribution in [0.3, 0.4) is 0 Å². The van der Waals surface area contributed by atoms with Crippen molar-refractivity contribution < 1.29 is 14.3 Å². The van der Waals surface area contributed by atoms with Gasteiger partial charge in [0.15, 0.2) is 5.82 Å². The third-order valence-electron chi connectivity index (χ3n) is 4.52. The predicted molar refractivity (Wildman–Crippen MR) is 116 cm³/mol. The molecule has 0 saturated heterocycles. The number of hydrogen-bond acceptors (Lipinski definition) is 5. The lowest BCUT2D eigenvalue weighted by molar-refractivity contribution is 0.0732. The summed E-state index contributed by atoms with van der Waals surface area (Å²) in [7, 11) is 0. The fourth-order valence-corrected chi connectivity index (χ4v) is 2.92. The number of nitrogens with one attached hydrogen (secondary N) is 1. The number of benzene rings is 3. The van der Waals surface area contributed by atoms with Gasteiger partial charge in [0.1, 0.15) is 5.75 Å². The Morgan fingerprint density at radius 2 is 1.45 bits per heavy atom. The molecule has 1 heterocycles. The molecular formula is C25H19N3O3. The van der Waals surface area contributed by atoms with E-state index in [2.05, 4.69) is 15.3 Å². The van der Waals surface area contributed by atoms with E-state index >= 15 is 0 Å². The molecule has 0 unspecified atom stereocenters. The van der Waals surface area contributed by atoms with Crippen LogP contribution in [-0.4, -0.2) is 21.8 Å². The third kappa shape index (κ3) is 5.19. The van der Waals surface area contributed by atoms with Crippen LogP contribution in [0.4, 0.5) is 0 Å². The van der Waals surface area contributed by atoms with Crippen LogP contribution in [-0.2, 0) is 6.54 Å². The molecule has 3 aromatic carbocycles. The fourth-order valence-electron chi connectivity index (χ4n) is 2.92. The summed E-state index contributed by atoms with van der Waals surface area (Å²) in [6, 6.07) is 25.6. The topological polar surface area (TPSA) is 81.2 Å². The van der Waals surface area contributed by atoms with E-state index in [9.17, 15) is 9.59 Å². The lowest BCUT2D eigenvalue weighted by Gasteiger charge is -2.08. The average molecular weight is 409 g/mol. The SMILES string of the molecule is O=C(NCc1ccccc1)c1cccc(OC(=O)c2cnc(-c3ccccc3)nc2)c1. The van der Waals surface area contributed by atoms with Gasteiger partial charge in [0, 0.05) is 30.1 Å². The van der Waals surface area contributed by atoms with E-state index in [0.29, 0.717) is 17.9 Å². The summed E-state index contributed by atoms with van der Waals surface area (Å²) < 4.78 is 5.40. The number of esters is 1. The Morgan fingerprint density at radius 3 is 2.16 bits per heavy atom. The van der Waals surface area contributed by atoms with Crippen molar-refractivity contribution in [2.24, 2.45) is 0 Å². The van der Waals surface area contributed by atoms with Crippen molar-refractivity contribution in [1.82, 2.24) is 15.3 Å². The molecule has 0 saturated carbocycles. The minimum atomic E-state index is -0.596. The monoisotopic (exact) mass is 409 g/mol. The molecule has 1 aromatic heterocycles. The maximum atomic E-state index is 12.5. The zero-order valence-corrected chi connectivity index (χ0v) is 16.6. The summed E-state index contributed by atoms with van der Waals surface area (Å²) in [5.74, 6) is -0.0579. The smallest absolute Gasteiger partial charge is 0.346 e. The van der Waals surface area contributed by atoms with E-state index in [1.807, 2.05) is 60.7 Å². The van der Waals surface area contributed by atoms with Gasteiger partial charge in [-0.05, 0) is 23.8 Å². The molecular weight excluding hydrogens is 390 g/mol. The minimum absolute atomic E-state index is 0.221. The van der Waals surface area contributed by atoms with Gasteiger partial charge in [-0.1, -0.05) is 66.7 Å². The van der Waals surface area contributed by atoms with E-state index in [1.54, 1.807) is 18.2 Å². The van der Waals surface area contributed by atoms with Crippen molar-refractivity contribution in [3.05, 3.63) is 114 Å². The number of ether oxygens (including phenoxy) is 1. The molecule has 1 amide bonds. The lowest BCUT2D eigenvalue weighted by atomic mass is 10.2. The van der Waals surface area contributed by atoms with Gasteiger partial charge < -0.3 is 10.1 Å². The van der Waals surface area contributed by atoms with Crippen molar-refractivity contribution in [1.29, 1.82) is 0 Å². The molecule has 6 heteroatoms. The number of carbonyl (C=O) groups is 2. The highest BCUT2D eigenvalue weighted by atomic mass is 16.5. The van der Waals surface area contributed by atoms with Gasteiger partial charge >= 0.3 is 5.97 Å². The molecule has 0 fully saturated rings. The van der Waals surface area contributed by atoms with E-state index in [1.165, 1.54) is 18.5 Å². The van der Waals surface area contributed by atoms with Crippen molar-refractivity contribution in [3.63, 3.8) is 0 Å². The summed E-state index contributed by atoms with van der Waals surface area (Å²) in [6.07, 6.45) is 2.85. The first-order valence-corrected chi connectivity index (χ1v) is 9.71. The zero-order chi connectivity index (χ0) is 21.5. The number of nitrogens with zero attached hydrogens (tertiary/aromatic N) is 2. The Labute approximate surface area is 179 Å². The second-order valence-electron chi connectivity index (χ2n) is 6.75. The van der Waals surface area contributed by atoms with Gasteiger partial charge in [-0.15, -0.1) is 0 Å². The van der Waals surface area contributed by atoms with Gasteiger partial charge in [-0.3, -0.25) is 4.79 Å². The largest absolute Gasteiger partial charge is 0.423 e. The summed E-state index contributed by atoms with van der Waals surface area (Å²) in [6.45, 7) is 0.411. The molecule has 4 aromatic rings. The second kappa shape index (κ2) is 9.45. The third-order valence-corrected chi connectivity index (χ3v) is 4.52. The average Bonchev–Trinajstić information content (AvgIpc) is 2.84. The zero-order valence-electron chi connectivity index (χ0n) is 16.6. The first-order chi connectivity index (χ1) is 15.2. The maximum absolute atomic E-state index is 12.5. The molecule has 0 bridgehead atoms. The normalized spacial score (nSPS) is 10.3. The van der Waals surface area contributed by atoms with Crippen LogP contribution in [0.15, 0.2) is 97.3 Å². The summed E-state index contributed by atoms with van der Waals surface area (Å²) in [5, 5.41) is 2.85. The van der Waals surface area contributed by atoms with Crippen LogP contribution in [0.1, 0.15) is 26.3 Å². The standard InChI is InChI=1S/C25H19N3O3/c29-24(28-15-18-8-3-1-4-9-18)20-12-7-13-22(14-20)31-25(30)21-16-26-23(27-17-21)19-10-5-2-6-11-19/h1-14,16-17H,15H2,(H,28,29). The van der Waals surface area contributed by atoms with Crippen LogP contribution in [0.2, 0.25) is 0 Å². The van der Waals surface area contributed by atoms with E-state index in [4.69, 9.17) is 4.74 Å². The molecule has 0 radical (unpaired) electrons. The maximum Gasteiger partial charge on any atom is 0.346 e. The Morgan fingerprint density at radius 1 is 0.774 bits per heavy atom. The molecule has 0 atom stereocenters. The Hall–Kier alpha value is -4.32. The van der Waals surface area contributed by atoms with Crippen LogP contribution in [0.5, 0.6) is 5.75 Å².